The monoisotopic (exact) mass is 327 g/mol. The highest BCUT2D eigenvalue weighted by Gasteiger charge is 2.43. The number of fused-ring (bicyclic) bond motifs is 1. The average Bonchev–Trinajstić information content (AvgIpc) is 3.01. The second kappa shape index (κ2) is 6.17. The lowest BCUT2D eigenvalue weighted by Gasteiger charge is -2.52. The Balaban J connectivity index is 1.48. The molecular formula is C20H29N3O. The van der Waals surface area contributed by atoms with Crippen molar-refractivity contribution < 1.29 is 0 Å². The highest BCUT2D eigenvalue weighted by atomic mass is 16.6. The molecule has 4 rings (SSSR count). The van der Waals surface area contributed by atoms with Crippen molar-refractivity contribution in [3.05, 3.63) is 42.1 Å². The normalized spacial score (nSPS) is 30.5. The Labute approximate surface area is 145 Å². The number of hydrogen-bond acceptors (Lipinski definition) is 3. The fourth-order valence-corrected chi connectivity index (χ4v) is 5.11. The molecule has 1 aromatic rings. The number of anilines is 1. The second-order valence-electron chi connectivity index (χ2n) is 7.73. The lowest BCUT2D eigenvalue weighted by atomic mass is 9.79. The third-order valence-corrected chi connectivity index (χ3v) is 6.60. The summed E-state index contributed by atoms with van der Waals surface area (Å²) in [5.41, 5.74) is 2.13. The first kappa shape index (κ1) is 16.1. The molecule has 1 unspecified atom stereocenters. The lowest BCUT2D eigenvalue weighted by molar-refractivity contribution is 0.0481. The standard InChI is InChI=1S/C20H29N3O/c1-2-20(12-6-3-7-13-20)22-14-10-17(11-15-22)23(24)16-21-18-8-4-5-9-19(18)23/h2,4-5,8-9,17,21H,1,3,6-7,10-16H2. The Morgan fingerprint density at radius 3 is 2.58 bits per heavy atom. The van der Waals surface area contributed by atoms with Crippen LogP contribution in [0.2, 0.25) is 0 Å². The van der Waals surface area contributed by atoms with Crippen molar-refractivity contribution in [3.63, 3.8) is 0 Å². The van der Waals surface area contributed by atoms with Crippen LogP contribution >= 0.6 is 0 Å². The van der Waals surface area contributed by atoms with Gasteiger partial charge in [-0.25, -0.2) is 0 Å². The number of hydroxylamine groups is 2. The summed E-state index contributed by atoms with van der Waals surface area (Å²) in [6, 6.07) is 8.18. The highest BCUT2D eigenvalue weighted by molar-refractivity contribution is 5.72. The van der Waals surface area contributed by atoms with Crippen LogP contribution in [0.4, 0.5) is 11.4 Å². The molecule has 0 radical (unpaired) electrons. The first-order valence-corrected chi connectivity index (χ1v) is 9.49. The van der Waals surface area contributed by atoms with Gasteiger partial charge in [-0.05, 0) is 18.9 Å². The molecule has 0 spiro atoms. The minimum absolute atomic E-state index is 0.169. The van der Waals surface area contributed by atoms with E-state index in [4.69, 9.17) is 0 Å². The molecule has 1 atom stereocenters. The zero-order valence-electron chi connectivity index (χ0n) is 14.5. The molecule has 0 bridgehead atoms. The molecule has 24 heavy (non-hydrogen) atoms. The number of nitrogens with one attached hydrogen (secondary N) is 1. The number of benzene rings is 1. The molecule has 2 aliphatic heterocycles. The average molecular weight is 327 g/mol. The van der Waals surface area contributed by atoms with Gasteiger partial charge < -0.3 is 15.2 Å². The van der Waals surface area contributed by atoms with Crippen LogP contribution in [-0.4, -0.2) is 36.2 Å². The Bertz CT molecular complexity index is 603. The molecule has 1 saturated heterocycles. The van der Waals surface area contributed by atoms with Gasteiger partial charge in [-0.15, -0.1) is 6.58 Å². The SMILES string of the molecule is C=CC1(N2CCC([N+]3([O-])CNc4ccccc43)CC2)CCCCC1. The van der Waals surface area contributed by atoms with E-state index in [9.17, 15) is 5.21 Å². The largest absolute Gasteiger partial charge is 0.626 e. The molecule has 2 fully saturated rings. The smallest absolute Gasteiger partial charge is 0.158 e. The van der Waals surface area contributed by atoms with Gasteiger partial charge in [-0.3, -0.25) is 4.90 Å². The van der Waals surface area contributed by atoms with Crippen LogP contribution in [0.1, 0.15) is 44.9 Å². The van der Waals surface area contributed by atoms with Crippen molar-refractivity contribution >= 4 is 11.4 Å². The number of hydrogen-bond donors (Lipinski definition) is 1. The minimum Gasteiger partial charge on any atom is -0.626 e. The van der Waals surface area contributed by atoms with Crippen molar-refractivity contribution in [2.75, 3.05) is 25.1 Å². The van der Waals surface area contributed by atoms with E-state index in [0.29, 0.717) is 6.67 Å². The Kier molecular flexibility index (Phi) is 4.15. The topological polar surface area (TPSA) is 38.3 Å². The molecule has 2 heterocycles. The summed E-state index contributed by atoms with van der Waals surface area (Å²) in [6.45, 7) is 6.69. The summed E-state index contributed by atoms with van der Waals surface area (Å²) in [7, 11) is 0. The summed E-state index contributed by atoms with van der Waals surface area (Å²) in [5, 5.41) is 16.9. The van der Waals surface area contributed by atoms with E-state index >= 15 is 0 Å². The van der Waals surface area contributed by atoms with E-state index in [2.05, 4.69) is 22.9 Å². The number of nitrogens with zero attached hydrogens (tertiary/aromatic N) is 2. The highest BCUT2D eigenvalue weighted by Crippen LogP contribution is 2.42. The van der Waals surface area contributed by atoms with Gasteiger partial charge in [0.05, 0.1) is 6.04 Å². The molecular weight excluding hydrogens is 298 g/mol. The predicted molar refractivity (Wildman–Crippen MR) is 101 cm³/mol. The fraction of sp³-hybridized carbons (Fsp3) is 0.600. The Morgan fingerprint density at radius 1 is 1.17 bits per heavy atom. The van der Waals surface area contributed by atoms with E-state index in [1.165, 1.54) is 32.1 Å². The quantitative estimate of drug-likeness (QED) is 0.513. The van der Waals surface area contributed by atoms with Crippen molar-refractivity contribution in [2.45, 2.75) is 56.5 Å². The number of para-hydroxylation sites is 2. The molecule has 0 aromatic heterocycles. The van der Waals surface area contributed by atoms with Gasteiger partial charge in [0, 0.05) is 37.5 Å². The van der Waals surface area contributed by atoms with E-state index in [1.807, 2.05) is 24.3 Å². The van der Waals surface area contributed by atoms with E-state index in [-0.39, 0.29) is 16.2 Å². The van der Waals surface area contributed by atoms with Gasteiger partial charge in [0.15, 0.2) is 12.4 Å². The maximum absolute atomic E-state index is 13.5. The summed E-state index contributed by atoms with van der Waals surface area (Å²) in [5.74, 6) is 0. The van der Waals surface area contributed by atoms with Crippen LogP contribution in [0.25, 0.3) is 0 Å². The minimum atomic E-state index is -0.189. The van der Waals surface area contributed by atoms with Crippen molar-refractivity contribution in [3.8, 4) is 0 Å². The van der Waals surface area contributed by atoms with Crippen molar-refractivity contribution in [1.82, 2.24) is 9.55 Å². The Hall–Kier alpha value is -1.36. The van der Waals surface area contributed by atoms with Crippen LogP contribution in [0.3, 0.4) is 0 Å². The molecule has 130 valence electrons. The molecule has 4 heteroatoms. The molecule has 1 N–H and O–H groups in total. The van der Waals surface area contributed by atoms with Crippen molar-refractivity contribution in [1.29, 1.82) is 0 Å². The van der Waals surface area contributed by atoms with E-state index in [0.717, 1.165) is 37.3 Å². The van der Waals surface area contributed by atoms with Crippen molar-refractivity contribution in [2.24, 2.45) is 0 Å². The summed E-state index contributed by atoms with van der Waals surface area (Å²) < 4.78 is -0.189. The zero-order chi connectivity index (χ0) is 16.6. The van der Waals surface area contributed by atoms with E-state index in [1.54, 1.807) is 0 Å². The fourth-order valence-electron chi connectivity index (χ4n) is 5.11. The van der Waals surface area contributed by atoms with Gasteiger partial charge in [0.25, 0.3) is 0 Å². The molecule has 1 aliphatic carbocycles. The summed E-state index contributed by atoms with van der Waals surface area (Å²) >= 11 is 0. The lowest BCUT2D eigenvalue weighted by Crippen LogP contribution is -2.59. The van der Waals surface area contributed by atoms with Gasteiger partial charge in [0.2, 0.25) is 0 Å². The van der Waals surface area contributed by atoms with Crippen LogP contribution in [0.5, 0.6) is 0 Å². The maximum Gasteiger partial charge on any atom is 0.158 e. The first-order chi connectivity index (χ1) is 11.7. The zero-order valence-corrected chi connectivity index (χ0v) is 14.5. The number of piperidine rings is 1. The third-order valence-electron chi connectivity index (χ3n) is 6.60. The van der Waals surface area contributed by atoms with Gasteiger partial charge in [-0.2, -0.15) is 0 Å². The molecule has 4 nitrogen and oxygen atoms in total. The number of quaternary nitrogens is 1. The summed E-state index contributed by atoms with van der Waals surface area (Å²) in [6.07, 6.45) is 10.6. The van der Waals surface area contributed by atoms with Crippen LogP contribution < -0.4 is 9.96 Å². The van der Waals surface area contributed by atoms with Crippen LogP contribution in [-0.2, 0) is 0 Å². The molecule has 0 amide bonds. The number of rotatable bonds is 3. The molecule has 1 saturated carbocycles. The van der Waals surface area contributed by atoms with E-state index < -0.39 is 0 Å². The second-order valence-corrected chi connectivity index (χ2v) is 7.73. The van der Waals surface area contributed by atoms with Gasteiger partial charge in [0.1, 0.15) is 5.69 Å². The third kappa shape index (κ3) is 2.48. The number of likely N-dealkylation sites (tertiary alicyclic amines) is 1. The van der Waals surface area contributed by atoms with Gasteiger partial charge in [-0.1, -0.05) is 37.5 Å². The maximum atomic E-state index is 13.5. The summed E-state index contributed by atoms with van der Waals surface area (Å²) in [4.78, 5) is 2.62. The molecule has 3 aliphatic rings. The first-order valence-electron chi connectivity index (χ1n) is 9.49. The van der Waals surface area contributed by atoms with Crippen LogP contribution in [0.15, 0.2) is 36.9 Å². The Morgan fingerprint density at radius 2 is 1.88 bits per heavy atom. The predicted octanol–water partition coefficient (Wildman–Crippen LogP) is 4.23. The molecule has 1 aromatic carbocycles. The van der Waals surface area contributed by atoms with Gasteiger partial charge >= 0.3 is 0 Å². The van der Waals surface area contributed by atoms with Crippen LogP contribution in [0, 0.1) is 5.21 Å².